The molecular formula is C20H20ClF3N2O3S. The Hall–Kier alpha value is -2.10. The van der Waals surface area contributed by atoms with Crippen molar-refractivity contribution >= 4 is 33.2 Å². The van der Waals surface area contributed by atoms with Crippen LogP contribution in [0.3, 0.4) is 0 Å². The molecule has 1 amide bonds. The highest BCUT2D eigenvalue weighted by Crippen LogP contribution is 2.30. The van der Waals surface area contributed by atoms with E-state index in [-0.39, 0.29) is 18.0 Å². The van der Waals surface area contributed by atoms with Gasteiger partial charge in [-0.15, -0.1) is 0 Å². The number of alkyl halides is 3. The molecule has 3 rings (SSSR count). The number of carbonyl (C=O) groups excluding carboxylic acids is 1. The maximum absolute atomic E-state index is 12.8. The summed E-state index contributed by atoms with van der Waals surface area (Å²) in [7, 11) is -3.68. The number of sulfonamides is 1. The summed E-state index contributed by atoms with van der Waals surface area (Å²) >= 11 is 6.06. The van der Waals surface area contributed by atoms with E-state index in [1.54, 1.807) is 24.3 Å². The second-order valence-corrected chi connectivity index (χ2v) is 9.49. The number of nitrogens with zero attached hydrogens (tertiary/aromatic N) is 1. The van der Waals surface area contributed by atoms with Crippen LogP contribution < -0.4 is 5.32 Å². The van der Waals surface area contributed by atoms with Gasteiger partial charge in [0.2, 0.25) is 15.9 Å². The molecule has 30 heavy (non-hydrogen) atoms. The van der Waals surface area contributed by atoms with Crippen LogP contribution in [0.25, 0.3) is 0 Å². The van der Waals surface area contributed by atoms with Crippen LogP contribution in [0.15, 0.2) is 48.5 Å². The maximum atomic E-state index is 12.8. The number of rotatable bonds is 5. The van der Waals surface area contributed by atoms with Gasteiger partial charge >= 0.3 is 6.18 Å². The number of piperidine rings is 1. The number of hydrogen-bond acceptors (Lipinski definition) is 3. The molecule has 5 nitrogen and oxygen atoms in total. The topological polar surface area (TPSA) is 66.5 Å². The fourth-order valence-electron chi connectivity index (χ4n) is 3.30. The predicted octanol–water partition coefficient (Wildman–Crippen LogP) is 4.54. The summed E-state index contributed by atoms with van der Waals surface area (Å²) in [5.74, 6) is -1.28. The van der Waals surface area contributed by atoms with Gasteiger partial charge in [-0.05, 0) is 48.7 Å². The lowest BCUT2D eigenvalue weighted by atomic mass is 9.98. The van der Waals surface area contributed by atoms with E-state index in [0.29, 0.717) is 30.0 Å². The first kappa shape index (κ1) is 22.6. The SMILES string of the molecule is O=C(Nc1ccc(C(F)(F)F)cc1)[C@@H]1CCCN(S(=O)(=O)Cc2ccccc2Cl)C1. The summed E-state index contributed by atoms with van der Waals surface area (Å²) in [5.41, 5.74) is -0.102. The Bertz CT molecular complexity index is 1010. The van der Waals surface area contributed by atoms with E-state index in [4.69, 9.17) is 11.6 Å². The normalized spacial score (nSPS) is 18.2. The summed E-state index contributed by atoms with van der Waals surface area (Å²) in [6.45, 7) is 0.316. The third kappa shape index (κ3) is 5.53. The number of benzene rings is 2. The van der Waals surface area contributed by atoms with Crippen LogP contribution >= 0.6 is 11.6 Å². The molecule has 0 radical (unpaired) electrons. The first-order valence-electron chi connectivity index (χ1n) is 9.25. The highest BCUT2D eigenvalue weighted by Gasteiger charge is 2.33. The highest BCUT2D eigenvalue weighted by molar-refractivity contribution is 7.88. The first-order valence-corrected chi connectivity index (χ1v) is 11.2. The van der Waals surface area contributed by atoms with Crippen LogP contribution in [0.4, 0.5) is 18.9 Å². The fraction of sp³-hybridized carbons (Fsp3) is 0.350. The van der Waals surface area contributed by atoms with Crippen molar-refractivity contribution in [3.05, 3.63) is 64.7 Å². The molecule has 1 heterocycles. The van der Waals surface area contributed by atoms with Crippen LogP contribution in [0.1, 0.15) is 24.0 Å². The number of carbonyl (C=O) groups is 1. The number of nitrogens with one attached hydrogen (secondary N) is 1. The van der Waals surface area contributed by atoms with Gasteiger partial charge in [0.15, 0.2) is 0 Å². The highest BCUT2D eigenvalue weighted by atomic mass is 35.5. The molecule has 0 bridgehead atoms. The lowest BCUT2D eigenvalue weighted by Gasteiger charge is -2.31. The van der Waals surface area contributed by atoms with Crippen LogP contribution in [-0.2, 0) is 26.7 Å². The lowest BCUT2D eigenvalue weighted by Crippen LogP contribution is -2.44. The molecule has 1 atom stereocenters. The molecule has 1 aliphatic heterocycles. The van der Waals surface area contributed by atoms with Crippen LogP contribution in [0.5, 0.6) is 0 Å². The van der Waals surface area contributed by atoms with Gasteiger partial charge in [0.25, 0.3) is 0 Å². The van der Waals surface area contributed by atoms with Gasteiger partial charge in [-0.1, -0.05) is 29.8 Å². The summed E-state index contributed by atoms with van der Waals surface area (Å²) in [4.78, 5) is 12.6. The molecule has 1 N–H and O–H groups in total. The van der Waals surface area contributed by atoms with Crippen molar-refractivity contribution in [1.29, 1.82) is 0 Å². The van der Waals surface area contributed by atoms with Crippen LogP contribution in [0, 0.1) is 5.92 Å². The molecule has 0 aliphatic carbocycles. The average Bonchev–Trinajstić information content (AvgIpc) is 2.69. The minimum absolute atomic E-state index is 0.0131. The molecule has 0 saturated carbocycles. The van der Waals surface area contributed by atoms with Gasteiger partial charge in [0.1, 0.15) is 0 Å². The Labute approximate surface area is 177 Å². The molecular weight excluding hydrogens is 441 g/mol. The van der Waals surface area contributed by atoms with Crippen LogP contribution in [0.2, 0.25) is 5.02 Å². The van der Waals surface area contributed by atoms with Crippen molar-refractivity contribution in [2.75, 3.05) is 18.4 Å². The van der Waals surface area contributed by atoms with Gasteiger partial charge in [-0.3, -0.25) is 4.79 Å². The first-order chi connectivity index (χ1) is 14.1. The van der Waals surface area contributed by atoms with E-state index in [9.17, 15) is 26.4 Å². The van der Waals surface area contributed by atoms with Gasteiger partial charge in [-0.2, -0.15) is 13.2 Å². The van der Waals surface area contributed by atoms with Crippen molar-refractivity contribution in [1.82, 2.24) is 4.31 Å². The Morgan fingerprint density at radius 2 is 1.80 bits per heavy atom. The predicted molar refractivity (Wildman–Crippen MR) is 108 cm³/mol. The van der Waals surface area contributed by atoms with E-state index in [2.05, 4.69) is 5.32 Å². The third-order valence-electron chi connectivity index (χ3n) is 4.92. The summed E-state index contributed by atoms with van der Waals surface area (Å²) in [6.07, 6.45) is -3.46. The number of amides is 1. The Balaban J connectivity index is 1.65. The average molecular weight is 461 g/mol. The van der Waals surface area contributed by atoms with Crippen molar-refractivity contribution in [3.8, 4) is 0 Å². The summed E-state index contributed by atoms with van der Waals surface area (Å²) in [5, 5.41) is 2.93. The summed E-state index contributed by atoms with van der Waals surface area (Å²) < 4.78 is 64.8. The van der Waals surface area contributed by atoms with Crippen LogP contribution in [-0.4, -0.2) is 31.7 Å². The Morgan fingerprint density at radius 1 is 1.13 bits per heavy atom. The van der Waals surface area contributed by atoms with E-state index in [1.807, 2.05) is 0 Å². The summed E-state index contributed by atoms with van der Waals surface area (Å²) in [6, 6.07) is 10.8. The van der Waals surface area contributed by atoms with E-state index < -0.39 is 33.6 Å². The molecule has 0 unspecified atom stereocenters. The van der Waals surface area contributed by atoms with Crippen molar-refractivity contribution in [3.63, 3.8) is 0 Å². The molecule has 0 spiro atoms. The maximum Gasteiger partial charge on any atom is 0.416 e. The standard InChI is InChI=1S/C20H20ClF3N2O3S/c21-18-6-2-1-4-15(18)13-30(28,29)26-11-3-5-14(12-26)19(27)25-17-9-7-16(8-10-17)20(22,23)24/h1-2,4,6-10,14H,3,5,11-13H2,(H,25,27)/t14-/m1/s1. The lowest BCUT2D eigenvalue weighted by molar-refractivity contribution is -0.137. The zero-order valence-corrected chi connectivity index (χ0v) is 17.4. The van der Waals surface area contributed by atoms with Crippen molar-refractivity contribution in [2.24, 2.45) is 5.92 Å². The molecule has 10 heteroatoms. The fourth-order valence-corrected chi connectivity index (χ4v) is 5.22. The molecule has 1 fully saturated rings. The van der Waals surface area contributed by atoms with Gasteiger partial charge in [0, 0.05) is 23.8 Å². The Morgan fingerprint density at radius 3 is 2.43 bits per heavy atom. The number of halogens is 4. The largest absolute Gasteiger partial charge is 0.416 e. The smallest absolute Gasteiger partial charge is 0.326 e. The van der Waals surface area contributed by atoms with E-state index in [0.717, 1.165) is 12.1 Å². The van der Waals surface area contributed by atoms with E-state index in [1.165, 1.54) is 16.4 Å². The van der Waals surface area contributed by atoms with Gasteiger partial charge < -0.3 is 5.32 Å². The van der Waals surface area contributed by atoms with Crippen molar-refractivity contribution < 1.29 is 26.4 Å². The molecule has 162 valence electrons. The van der Waals surface area contributed by atoms with Gasteiger partial charge in [0.05, 0.1) is 17.2 Å². The van der Waals surface area contributed by atoms with E-state index >= 15 is 0 Å². The molecule has 2 aromatic carbocycles. The number of hydrogen-bond donors (Lipinski definition) is 1. The monoisotopic (exact) mass is 460 g/mol. The molecule has 2 aromatic rings. The van der Waals surface area contributed by atoms with Gasteiger partial charge in [-0.25, -0.2) is 12.7 Å². The third-order valence-corrected chi connectivity index (χ3v) is 7.09. The second kappa shape index (κ2) is 8.95. The number of anilines is 1. The second-order valence-electron chi connectivity index (χ2n) is 7.11. The quantitative estimate of drug-likeness (QED) is 0.712. The zero-order valence-electron chi connectivity index (χ0n) is 15.8. The molecule has 1 aliphatic rings. The minimum Gasteiger partial charge on any atom is -0.326 e. The molecule has 1 saturated heterocycles. The minimum atomic E-state index is -4.46. The van der Waals surface area contributed by atoms with Crippen molar-refractivity contribution in [2.45, 2.75) is 24.8 Å². The Kier molecular flexibility index (Phi) is 6.74. The zero-order chi connectivity index (χ0) is 21.9. The molecule has 0 aromatic heterocycles.